The van der Waals surface area contributed by atoms with E-state index in [0.717, 1.165) is 36.5 Å². The fourth-order valence-electron chi connectivity index (χ4n) is 7.94. The third-order valence-corrected chi connectivity index (χ3v) is 10.4. The van der Waals surface area contributed by atoms with Gasteiger partial charge in [-0.05, 0) is 62.2 Å². The minimum atomic E-state index is 0.366. The summed E-state index contributed by atoms with van der Waals surface area (Å²) in [5.74, 6) is 3.93. The van der Waals surface area contributed by atoms with Crippen molar-refractivity contribution in [1.29, 1.82) is 0 Å². The molecule has 0 amide bonds. The van der Waals surface area contributed by atoms with E-state index in [1.807, 2.05) is 0 Å². The van der Waals surface area contributed by atoms with Gasteiger partial charge in [0.2, 0.25) is 0 Å². The highest BCUT2D eigenvalue weighted by Gasteiger charge is 2.37. The van der Waals surface area contributed by atoms with Crippen LogP contribution >= 0.6 is 0 Å². The van der Waals surface area contributed by atoms with Crippen LogP contribution in [0.25, 0.3) is 0 Å². The highest BCUT2D eigenvalue weighted by molar-refractivity contribution is 4.88. The monoisotopic (exact) mass is 565 g/mol. The van der Waals surface area contributed by atoms with Gasteiger partial charge in [0.1, 0.15) is 0 Å². The lowest BCUT2D eigenvalue weighted by Gasteiger charge is -2.44. The van der Waals surface area contributed by atoms with Gasteiger partial charge in [-0.15, -0.1) is 0 Å². The second-order valence-electron chi connectivity index (χ2n) is 13.8. The van der Waals surface area contributed by atoms with Gasteiger partial charge in [0.15, 0.2) is 0 Å². The van der Waals surface area contributed by atoms with E-state index in [4.69, 9.17) is 5.11 Å². The highest BCUT2D eigenvalue weighted by atomic mass is 16.3. The lowest BCUT2D eigenvalue weighted by atomic mass is 9.61. The SMILES string of the molecule is CCCCCCCCCC1C(CCCCCCO)CCC(CCCCCCCCO)C1CCCCCCCCC. The van der Waals surface area contributed by atoms with Gasteiger partial charge < -0.3 is 10.2 Å². The first-order valence-corrected chi connectivity index (χ1v) is 19.0. The largest absolute Gasteiger partial charge is 0.396 e. The zero-order chi connectivity index (χ0) is 28.9. The standard InChI is InChI=1S/C38H76O2/c1-3-5-7-9-11-16-23-29-37-35(27-21-15-13-14-19-25-33-39)31-32-36(28-22-18-20-26-34-40)38(37)30-24-17-12-10-8-6-4-2/h35-40H,3-34H2,1-2H3. The first kappa shape index (κ1) is 37.9. The molecular formula is C38H76O2. The molecule has 1 saturated carbocycles. The van der Waals surface area contributed by atoms with Crippen molar-refractivity contribution in [3.05, 3.63) is 0 Å². The smallest absolute Gasteiger partial charge is 0.0431 e. The molecule has 1 rings (SSSR count). The van der Waals surface area contributed by atoms with Gasteiger partial charge in [-0.2, -0.15) is 0 Å². The third kappa shape index (κ3) is 19.9. The van der Waals surface area contributed by atoms with Gasteiger partial charge in [-0.3, -0.25) is 0 Å². The molecule has 0 aromatic carbocycles. The lowest BCUT2D eigenvalue weighted by molar-refractivity contribution is 0.0580. The average molecular weight is 565 g/mol. The van der Waals surface area contributed by atoms with Crippen molar-refractivity contribution in [3.63, 3.8) is 0 Å². The molecule has 4 unspecified atom stereocenters. The number of hydrogen-bond donors (Lipinski definition) is 2. The van der Waals surface area contributed by atoms with Crippen LogP contribution in [-0.4, -0.2) is 23.4 Å². The Kier molecular flexibility index (Phi) is 27.5. The number of hydrogen-bond acceptors (Lipinski definition) is 2. The summed E-state index contributed by atoms with van der Waals surface area (Å²) in [5.41, 5.74) is 0. The molecule has 2 N–H and O–H groups in total. The summed E-state index contributed by atoms with van der Waals surface area (Å²) in [6, 6.07) is 0. The molecule has 2 heteroatoms. The number of unbranched alkanes of at least 4 members (excludes halogenated alkanes) is 20. The molecule has 4 atom stereocenters. The minimum Gasteiger partial charge on any atom is -0.396 e. The fourth-order valence-corrected chi connectivity index (χ4v) is 7.94. The van der Waals surface area contributed by atoms with E-state index in [1.165, 1.54) is 180 Å². The summed E-state index contributed by atoms with van der Waals surface area (Å²) in [6.07, 6.45) is 41.8. The van der Waals surface area contributed by atoms with Gasteiger partial charge in [0.25, 0.3) is 0 Å². The Morgan fingerprint density at radius 1 is 0.350 bits per heavy atom. The van der Waals surface area contributed by atoms with Crippen LogP contribution in [0.2, 0.25) is 0 Å². The Bertz CT molecular complexity index is 492. The van der Waals surface area contributed by atoms with Crippen LogP contribution in [0.5, 0.6) is 0 Å². The van der Waals surface area contributed by atoms with E-state index in [9.17, 15) is 5.11 Å². The molecule has 0 radical (unpaired) electrons. The predicted molar refractivity (Wildman–Crippen MR) is 178 cm³/mol. The molecular weight excluding hydrogens is 488 g/mol. The quantitative estimate of drug-likeness (QED) is 0.0852. The van der Waals surface area contributed by atoms with Crippen LogP contribution in [0, 0.1) is 23.7 Å². The molecule has 40 heavy (non-hydrogen) atoms. The average Bonchev–Trinajstić information content (AvgIpc) is 2.97. The van der Waals surface area contributed by atoms with E-state index in [1.54, 1.807) is 0 Å². The summed E-state index contributed by atoms with van der Waals surface area (Å²) in [7, 11) is 0. The van der Waals surface area contributed by atoms with Crippen molar-refractivity contribution in [1.82, 2.24) is 0 Å². The molecule has 1 aliphatic carbocycles. The molecule has 1 aliphatic rings. The second kappa shape index (κ2) is 29.0. The van der Waals surface area contributed by atoms with Crippen molar-refractivity contribution < 1.29 is 10.2 Å². The Labute approximate surface area is 253 Å². The van der Waals surface area contributed by atoms with E-state index >= 15 is 0 Å². The van der Waals surface area contributed by atoms with Crippen molar-refractivity contribution >= 4 is 0 Å². The molecule has 0 aliphatic heterocycles. The Balaban J connectivity index is 2.71. The summed E-state index contributed by atoms with van der Waals surface area (Å²) in [5, 5.41) is 18.3. The van der Waals surface area contributed by atoms with Crippen LogP contribution < -0.4 is 0 Å². The van der Waals surface area contributed by atoms with Gasteiger partial charge in [0.05, 0.1) is 0 Å². The molecule has 0 saturated heterocycles. The van der Waals surface area contributed by atoms with Crippen LogP contribution in [-0.2, 0) is 0 Å². The molecule has 0 aromatic heterocycles. The zero-order valence-electron chi connectivity index (χ0n) is 27.8. The Morgan fingerprint density at radius 2 is 0.625 bits per heavy atom. The minimum absolute atomic E-state index is 0.366. The summed E-state index contributed by atoms with van der Waals surface area (Å²) >= 11 is 0. The van der Waals surface area contributed by atoms with Crippen molar-refractivity contribution in [2.45, 2.75) is 206 Å². The van der Waals surface area contributed by atoms with Gasteiger partial charge in [0, 0.05) is 13.2 Å². The van der Waals surface area contributed by atoms with Crippen LogP contribution in [0.15, 0.2) is 0 Å². The van der Waals surface area contributed by atoms with Gasteiger partial charge >= 0.3 is 0 Å². The lowest BCUT2D eigenvalue weighted by Crippen LogP contribution is -2.35. The maximum absolute atomic E-state index is 9.20. The first-order valence-electron chi connectivity index (χ1n) is 19.0. The van der Waals surface area contributed by atoms with Gasteiger partial charge in [-0.25, -0.2) is 0 Å². The third-order valence-electron chi connectivity index (χ3n) is 10.4. The summed E-state index contributed by atoms with van der Waals surface area (Å²) < 4.78 is 0. The van der Waals surface area contributed by atoms with E-state index < -0.39 is 0 Å². The van der Waals surface area contributed by atoms with E-state index in [0.29, 0.717) is 13.2 Å². The summed E-state index contributed by atoms with van der Waals surface area (Å²) in [4.78, 5) is 0. The number of aliphatic hydroxyl groups excluding tert-OH is 2. The van der Waals surface area contributed by atoms with E-state index in [-0.39, 0.29) is 0 Å². The first-order chi connectivity index (χ1) is 19.8. The van der Waals surface area contributed by atoms with Crippen LogP contribution in [0.4, 0.5) is 0 Å². The van der Waals surface area contributed by atoms with Crippen LogP contribution in [0.3, 0.4) is 0 Å². The highest BCUT2D eigenvalue weighted by Crippen LogP contribution is 2.47. The Morgan fingerprint density at radius 3 is 0.950 bits per heavy atom. The topological polar surface area (TPSA) is 40.5 Å². The number of aliphatic hydroxyl groups is 2. The Hall–Kier alpha value is -0.0800. The molecule has 1 fully saturated rings. The fraction of sp³-hybridized carbons (Fsp3) is 1.00. The normalized spacial score (nSPS) is 21.3. The molecule has 2 nitrogen and oxygen atoms in total. The predicted octanol–water partition coefficient (Wildman–Crippen LogP) is 12.2. The van der Waals surface area contributed by atoms with E-state index in [2.05, 4.69) is 13.8 Å². The molecule has 0 bridgehead atoms. The molecule has 0 spiro atoms. The van der Waals surface area contributed by atoms with Crippen LogP contribution in [0.1, 0.15) is 206 Å². The summed E-state index contributed by atoms with van der Waals surface area (Å²) in [6.45, 7) is 5.39. The molecule has 240 valence electrons. The van der Waals surface area contributed by atoms with Crippen molar-refractivity contribution in [2.75, 3.05) is 13.2 Å². The molecule has 0 heterocycles. The second-order valence-corrected chi connectivity index (χ2v) is 13.8. The van der Waals surface area contributed by atoms with Crippen molar-refractivity contribution in [3.8, 4) is 0 Å². The maximum atomic E-state index is 9.20. The van der Waals surface area contributed by atoms with Crippen molar-refractivity contribution in [2.24, 2.45) is 23.7 Å². The molecule has 0 aromatic rings. The maximum Gasteiger partial charge on any atom is 0.0431 e. The zero-order valence-corrected chi connectivity index (χ0v) is 27.8. The number of rotatable bonds is 30. The van der Waals surface area contributed by atoms with Gasteiger partial charge in [-0.1, -0.05) is 168 Å².